The van der Waals surface area contributed by atoms with Crippen LogP contribution in [0, 0.1) is 5.92 Å². The highest BCUT2D eigenvalue weighted by atomic mass is 32.1. The predicted octanol–water partition coefficient (Wildman–Crippen LogP) is 2.27. The maximum absolute atomic E-state index is 11.9. The summed E-state index contributed by atoms with van der Waals surface area (Å²) in [7, 11) is 1.36. The van der Waals surface area contributed by atoms with E-state index in [1.807, 2.05) is 17.5 Å². The molecule has 1 fully saturated rings. The summed E-state index contributed by atoms with van der Waals surface area (Å²) < 4.78 is 4.68. The summed E-state index contributed by atoms with van der Waals surface area (Å²) in [4.78, 5) is 24.3. The van der Waals surface area contributed by atoms with Gasteiger partial charge in [0.1, 0.15) is 0 Å². The molecule has 0 aromatic carbocycles. The molecule has 1 N–H and O–H groups in total. The van der Waals surface area contributed by atoms with Crippen molar-refractivity contribution in [2.24, 2.45) is 5.92 Å². The molecule has 0 bridgehead atoms. The molecular weight excluding hydrogens is 250 g/mol. The maximum atomic E-state index is 11.9. The molecular formula is C13H17NO3S. The van der Waals surface area contributed by atoms with Crippen LogP contribution in [0.1, 0.15) is 36.6 Å². The maximum Gasteiger partial charge on any atom is 0.307 e. The van der Waals surface area contributed by atoms with E-state index in [1.54, 1.807) is 11.3 Å². The van der Waals surface area contributed by atoms with E-state index in [1.165, 1.54) is 7.11 Å². The Morgan fingerprint density at radius 1 is 1.56 bits per heavy atom. The van der Waals surface area contributed by atoms with Gasteiger partial charge in [-0.25, -0.2) is 0 Å². The smallest absolute Gasteiger partial charge is 0.307 e. The fourth-order valence-electron chi connectivity index (χ4n) is 1.92. The van der Waals surface area contributed by atoms with E-state index in [0.717, 1.165) is 24.1 Å². The standard InChI is InChI=1S/C13H17NO3S/c1-17-12(15)8-10(11-6-3-7-18-11)14-13(16)9-4-2-5-9/h3,6-7,9-10H,2,4-5,8H2,1H3,(H,14,16)/t10-/m1/s1. The highest BCUT2D eigenvalue weighted by Crippen LogP contribution is 2.29. The summed E-state index contributed by atoms with van der Waals surface area (Å²) in [5, 5.41) is 4.90. The van der Waals surface area contributed by atoms with Gasteiger partial charge >= 0.3 is 5.97 Å². The molecule has 2 rings (SSSR count). The fraction of sp³-hybridized carbons (Fsp3) is 0.538. The fourth-order valence-corrected chi connectivity index (χ4v) is 2.70. The highest BCUT2D eigenvalue weighted by Gasteiger charge is 2.28. The zero-order valence-corrected chi connectivity index (χ0v) is 11.2. The molecule has 1 aromatic heterocycles. The lowest BCUT2D eigenvalue weighted by Crippen LogP contribution is -2.37. The van der Waals surface area contributed by atoms with Gasteiger partial charge < -0.3 is 10.1 Å². The quantitative estimate of drug-likeness (QED) is 0.833. The normalized spacial score (nSPS) is 16.7. The lowest BCUT2D eigenvalue weighted by molar-refractivity contribution is -0.141. The number of hydrogen-bond acceptors (Lipinski definition) is 4. The van der Waals surface area contributed by atoms with Crippen molar-refractivity contribution in [1.29, 1.82) is 0 Å². The Balaban J connectivity index is 1.99. The van der Waals surface area contributed by atoms with Gasteiger partial charge in [-0.3, -0.25) is 9.59 Å². The van der Waals surface area contributed by atoms with Gasteiger partial charge in [-0.1, -0.05) is 12.5 Å². The molecule has 98 valence electrons. The van der Waals surface area contributed by atoms with Crippen LogP contribution in [0.15, 0.2) is 17.5 Å². The third-order valence-electron chi connectivity index (χ3n) is 3.28. The van der Waals surface area contributed by atoms with Crippen LogP contribution in [0.5, 0.6) is 0 Å². The van der Waals surface area contributed by atoms with Gasteiger partial charge in [0.25, 0.3) is 0 Å². The first-order valence-electron chi connectivity index (χ1n) is 6.11. The largest absolute Gasteiger partial charge is 0.469 e. The number of hydrogen-bond donors (Lipinski definition) is 1. The van der Waals surface area contributed by atoms with Crippen LogP contribution in [-0.4, -0.2) is 19.0 Å². The molecule has 0 unspecified atom stereocenters. The number of methoxy groups -OCH3 is 1. The van der Waals surface area contributed by atoms with Crippen LogP contribution in [0.2, 0.25) is 0 Å². The minimum atomic E-state index is -0.303. The topological polar surface area (TPSA) is 55.4 Å². The van der Waals surface area contributed by atoms with Crippen LogP contribution in [0.3, 0.4) is 0 Å². The Morgan fingerprint density at radius 3 is 2.83 bits per heavy atom. The third-order valence-corrected chi connectivity index (χ3v) is 4.26. The van der Waals surface area contributed by atoms with E-state index < -0.39 is 0 Å². The number of ether oxygens (including phenoxy) is 1. The molecule has 18 heavy (non-hydrogen) atoms. The number of thiophene rings is 1. The Bertz CT molecular complexity index is 412. The summed E-state index contributed by atoms with van der Waals surface area (Å²) in [5.41, 5.74) is 0. The molecule has 0 spiro atoms. The lowest BCUT2D eigenvalue weighted by Gasteiger charge is -2.26. The Kier molecular flexibility index (Phi) is 4.36. The minimum absolute atomic E-state index is 0.0588. The van der Waals surface area contributed by atoms with Gasteiger partial charge in [-0.2, -0.15) is 0 Å². The van der Waals surface area contributed by atoms with E-state index in [9.17, 15) is 9.59 Å². The first kappa shape index (κ1) is 13.1. The number of rotatable bonds is 5. The van der Waals surface area contributed by atoms with Crippen LogP contribution in [0.25, 0.3) is 0 Å². The zero-order valence-electron chi connectivity index (χ0n) is 10.3. The highest BCUT2D eigenvalue weighted by molar-refractivity contribution is 7.10. The molecule has 1 amide bonds. The van der Waals surface area contributed by atoms with E-state index >= 15 is 0 Å². The van der Waals surface area contributed by atoms with Crippen molar-refractivity contribution in [2.75, 3.05) is 7.11 Å². The Hall–Kier alpha value is -1.36. The third kappa shape index (κ3) is 3.10. The molecule has 1 saturated carbocycles. The Labute approximate surface area is 110 Å². The van der Waals surface area contributed by atoms with Gasteiger partial charge in [0.15, 0.2) is 0 Å². The predicted molar refractivity (Wildman–Crippen MR) is 69.2 cm³/mol. The summed E-state index contributed by atoms with van der Waals surface area (Å²) in [5.74, 6) is -0.115. The van der Waals surface area contributed by atoms with Crippen LogP contribution >= 0.6 is 11.3 Å². The molecule has 1 atom stereocenters. The summed E-state index contributed by atoms with van der Waals surface area (Å²) in [6, 6.07) is 3.59. The average Bonchev–Trinajstić information content (AvgIpc) is 2.78. The molecule has 0 saturated heterocycles. The van der Waals surface area contributed by atoms with Gasteiger partial charge in [0, 0.05) is 10.8 Å². The molecule has 1 aliphatic rings. The van der Waals surface area contributed by atoms with Crippen molar-refractivity contribution < 1.29 is 14.3 Å². The van der Waals surface area contributed by atoms with E-state index in [4.69, 9.17) is 0 Å². The molecule has 1 aliphatic carbocycles. The lowest BCUT2D eigenvalue weighted by atomic mass is 9.84. The van der Waals surface area contributed by atoms with Gasteiger partial charge in [-0.15, -0.1) is 11.3 Å². The van der Waals surface area contributed by atoms with E-state index in [-0.39, 0.29) is 30.3 Å². The molecule has 4 nitrogen and oxygen atoms in total. The monoisotopic (exact) mass is 267 g/mol. The van der Waals surface area contributed by atoms with Gasteiger partial charge in [-0.05, 0) is 24.3 Å². The van der Waals surface area contributed by atoms with E-state index in [0.29, 0.717) is 0 Å². The Morgan fingerprint density at radius 2 is 2.33 bits per heavy atom. The molecule has 1 aromatic rings. The second kappa shape index (κ2) is 6.00. The average molecular weight is 267 g/mol. The second-order valence-electron chi connectivity index (χ2n) is 4.48. The summed E-state index contributed by atoms with van der Waals surface area (Å²) in [6.07, 6.45) is 3.23. The minimum Gasteiger partial charge on any atom is -0.469 e. The van der Waals surface area contributed by atoms with Gasteiger partial charge in [0.2, 0.25) is 5.91 Å². The number of carbonyl (C=O) groups excluding carboxylic acids is 2. The van der Waals surface area contributed by atoms with Crippen molar-refractivity contribution in [3.8, 4) is 0 Å². The van der Waals surface area contributed by atoms with E-state index in [2.05, 4.69) is 10.1 Å². The summed E-state index contributed by atoms with van der Waals surface area (Å²) in [6.45, 7) is 0. The second-order valence-corrected chi connectivity index (χ2v) is 5.46. The van der Waals surface area contributed by atoms with Crippen molar-refractivity contribution >= 4 is 23.2 Å². The molecule has 5 heteroatoms. The van der Waals surface area contributed by atoms with Crippen LogP contribution in [-0.2, 0) is 14.3 Å². The number of esters is 1. The summed E-state index contributed by atoms with van der Waals surface area (Å²) >= 11 is 1.54. The SMILES string of the molecule is COC(=O)C[C@@H](NC(=O)C1CCC1)c1cccs1. The number of amides is 1. The molecule has 0 radical (unpaired) electrons. The first-order chi connectivity index (χ1) is 8.70. The first-order valence-corrected chi connectivity index (χ1v) is 6.99. The number of nitrogens with one attached hydrogen (secondary N) is 1. The van der Waals surface area contributed by atoms with Gasteiger partial charge in [0.05, 0.1) is 19.6 Å². The zero-order chi connectivity index (χ0) is 13.0. The van der Waals surface area contributed by atoms with Crippen molar-refractivity contribution in [3.63, 3.8) is 0 Å². The van der Waals surface area contributed by atoms with Crippen molar-refractivity contribution in [2.45, 2.75) is 31.7 Å². The van der Waals surface area contributed by atoms with Crippen molar-refractivity contribution in [1.82, 2.24) is 5.32 Å². The van der Waals surface area contributed by atoms with Crippen LogP contribution in [0.4, 0.5) is 0 Å². The molecule has 0 aliphatic heterocycles. The van der Waals surface area contributed by atoms with Crippen molar-refractivity contribution in [3.05, 3.63) is 22.4 Å². The molecule has 1 heterocycles. The number of carbonyl (C=O) groups is 2. The van der Waals surface area contributed by atoms with Crippen LogP contribution < -0.4 is 5.32 Å².